The average Bonchev–Trinajstić information content (AvgIpc) is 2.78. The van der Waals surface area contributed by atoms with Crippen LogP contribution in [0.3, 0.4) is 0 Å². The van der Waals surface area contributed by atoms with E-state index in [1.54, 1.807) is 0 Å². The highest BCUT2D eigenvalue weighted by Gasteiger charge is 2.26. The molecule has 98 valence electrons. The van der Waals surface area contributed by atoms with Crippen molar-refractivity contribution in [1.82, 2.24) is 0 Å². The fourth-order valence-corrected chi connectivity index (χ4v) is 2.71. The average molecular weight is 247 g/mol. The van der Waals surface area contributed by atoms with Crippen LogP contribution in [0.25, 0.3) is 0 Å². The number of primary amides is 1. The molecule has 0 saturated heterocycles. The van der Waals surface area contributed by atoms with Crippen LogP contribution in [0.4, 0.5) is 5.69 Å². The lowest BCUT2D eigenvalue weighted by atomic mass is 10.0. The molecular weight excluding hydrogens is 226 g/mol. The Kier molecular flexibility index (Phi) is 4.20. The number of hydrogen-bond acceptors (Lipinski definition) is 3. The molecule has 0 aliphatic heterocycles. The number of rotatable bonds is 5. The van der Waals surface area contributed by atoms with Crippen LogP contribution in [-0.4, -0.2) is 18.5 Å². The molecule has 4 nitrogen and oxygen atoms in total. The molecule has 1 amide bonds. The molecule has 2 rings (SSSR count). The smallest absolute Gasteiger partial charge is 0.221 e. The van der Waals surface area contributed by atoms with Gasteiger partial charge in [-0.25, -0.2) is 0 Å². The Morgan fingerprint density at radius 2 is 2.11 bits per heavy atom. The van der Waals surface area contributed by atoms with Gasteiger partial charge in [0.1, 0.15) is 0 Å². The summed E-state index contributed by atoms with van der Waals surface area (Å²) in [5.74, 6) is 0.234. The van der Waals surface area contributed by atoms with E-state index in [4.69, 9.17) is 11.5 Å². The molecule has 0 spiro atoms. The standard InChI is InChI=1S/C14H21N3O/c15-9-11-5-3-7-13(11)17-12-6-2-1-4-10(12)8-14(16)18/h1-2,4,6,11,13,17H,3,5,7-9,15H2,(H2,16,18). The van der Waals surface area contributed by atoms with Crippen LogP contribution in [0.1, 0.15) is 24.8 Å². The topological polar surface area (TPSA) is 81.1 Å². The molecule has 1 aromatic carbocycles. The van der Waals surface area contributed by atoms with Crippen molar-refractivity contribution in [1.29, 1.82) is 0 Å². The normalized spacial score (nSPS) is 22.9. The van der Waals surface area contributed by atoms with Gasteiger partial charge in [0, 0.05) is 11.7 Å². The maximum Gasteiger partial charge on any atom is 0.221 e. The van der Waals surface area contributed by atoms with Crippen LogP contribution in [0.2, 0.25) is 0 Å². The number of benzene rings is 1. The van der Waals surface area contributed by atoms with Crippen LogP contribution in [-0.2, 0) is 11.2 Å². The first-order valence-corrected chi connectivity index (χ1v) is 6.53. The zero-order chi connectivity index (χ0) is 13.0. The monoisotopic (exact) mass is 247 g/mol. The van der Waals surface area contributed by atoms with Crippen molar-refractivity contribution in [2.45, 2.75) is 31.7 Å². The first-order valence-electron chi connectivity index (χ1n) is 6.53. The second kappa shape index (κ2) is 5.87. The summed E-state index contributed by atoms with van der Waals surface area (Å²) < 4.78 is 0. The van der Waals surface area contributed by atoms with Gasteiger partial charge >= 0.3 is 0 Å². The molecule has 2 atom stereocenters. The van der Waals surface area contributed by atoms with Crippen molar-refractivity contribution in [3.8, 4) is 0 Å². The number of carbonyl (C=O) groups is 1. The van der Waals surface area contributed by atoms with E-state index in [0.29, 0.717) is 12.0 Å². The van der Waals surface area contributed by atoms with Gasteiger partial charge in [-0.3, -0.25) is 4.79 Å². The Balaban J connectivity index is 2.10. The molecule has 1 aliphatic rings. The number of anilines is 1. The Hall–Kier alpha value is -1.55. The van der Waals surface area contributed by atoms with Crippen LogP contribution in [0, 0.1) is 5.92 Å². The Labute approximate surface area is 108 Å². The van der Waals surface area contributed by atoms with Gasteiger partial charge < -0.3 is 16.8 Å². The van der Waals surface area contributed by atoms with Gasteiger partial charge in [0.05, 0.1) is 6.42 Å². The second-order valence-corrected chi connectivity index (χ2v) is 4.98. The molecule has 0 aromatic heterocycles. The predicted molar refractivity (Wildman–Crippen MR) is 73.1 cm³/mol. The summed E-state index contributed by atoms with van der Waals surface area (Å²) in [6.07, 6.45) is 3.83. The number of nitrogens with one attached hydrogen (secondary N) is 1. The minimum Gasteiger partial charge on any atom is -0.382 e. The maximum atomic E-state index is 11.1. The third-order valence-electron chi connectivity index (χ3n) is 3.68. The Morgan fingerprint density at radius 3 is 2.83 bits per heavy atom. The molecule has 0 radical (unpaired) electrons. The Bertz CT molecular complexity index is 419. The van der Waals surface area contributed by atoms with E-state index in [9.17, 15) is 4.79 Å². The quantitative estimate of drug-likeness (QED) is 0.732. The minimum absolute atomic E-state index is 0.281. The van der Waals surface area contributed by atoms with Crippen molar-refractivity contribution >= 4 is 11.6 Å². The van der Waals surface area contributed by atoms with Crippen LogP contribution in [0.5, 0.6) is 0 Å². The van der Waals surface area contributed by atoms with Gasteiger partial charge in [0.15, 0.2) is 0 Å². The summed E-state index contributed by atoms with van der Waals surface area (Å²) in [5.41, 5.74) is 13.0. The molecule has 1 aromatic rings. The summed E-state index contributed by atoms with van der Waals surface area (Å²) in [5, 5.41) is 3.53. The lowest BCUT2D eigenvalue weighted by molar-refractivity contribution is -0.117. The Morgan fingerprint density at radius 1 is 1.33 bits per heavy atom. The number of nitrogens with two attached hydrogens (primary N) is 2. The molecule has 0 heterocycles. The molecular formula is C14H21N3O. The number of para-hydroxylation sites is 1. The van der Waals surface area contributed by atoms with E-state index in [1.807, 2.05) is 24.3 Å². The van der Waals surface area contributed by atoms with Crippen molar-refractivity contribution in [3.05, 3.63) is 29.8 Å². The molecule has 2 unspecified atom stereocenters. The van der Waals surface area contributed by atoms with Gasteiger partial charge in [0.2, 0.25) is 5.91 Å². The van der Waals surface area contributed by atoms with E-state index < -0.39 is 0 Å². The van der Waals surface area contributed by atoms with E-state index in [0.717, 1.165) is 24.2 Å². The third-order valence-corrected chi connectivity index (χ3v) is 3.68. The highest BCUT2D eigenvalue weighted by Crippen LogP contribution is 2.29. The number of carbonyl (C=O) groups excluding carboxylic acids is 1. The zero-order valence-electron chi connectivity index (χ0n) is 10.6. The molecule has 4 heteroatoms. The fraction of sp³-hybridized carbons (Fsp3) is 0.500. The van der Waals surface area contributed by atoms with Gasteiger partial charge in [-0.05, 0) is 36.9 Å². The second-order valence-electron chi connectivity index (χ2n) is 4.98. The lowest BCUT2D eigenvalue weighted by Gasteiger charge is -2.22. The minimum atomic E-state index is -0.300. The van der Waals surface area contributed by atoms with E-state index in [-0.39, 0.29) is 12.3 Å². The number of amides is 1. The molecule has 1 aliphatic carbocycles. The SMILES string of the molecule is NCC1CCCC1Nc1ccccc1CC(N)=O. The van der Waals surface area contributed by atoms with E-state index in [1.165, 1.54) is 12.8 Å². The molecule has 18 heavy (non-hydrogen) atoms. The lowest BCUT2D eigenvalue weighted by Crippen LogP contribution is -2.30. The fourth-order valence-electron chi connectivity index (χ4n) is 2.71. The van der Waals surface area contributed by atoms with Crippen molar-refractivity contribution in [2.24, 2.45) is 17.4 Å². The first kappa shape index (κ1) is 12.9. The summed E-state index contributed by atoms with van der Waals surface area (Å²) >= 11 is 0. The predicted octanol–water partition coefficient (Wildman–Crippen LogP) is 1.25. The van der Waals surface area contributed by atoms with Gasteiger partial charge in [-0.1, -0.05) is 24.6 Å². The zero-order valence-corrected chi connectivity index (χ0v) is 10.6. The highest BCUT2D eigenvalue weighted by molar-refractivity contribution is 5.78. The van der Waals surface area contributed by atoms with Crippen molar-refractivity contribution in [2.75, 3.05) is 11.9 Å². The molecule has 1 saturated carbocycles. The third kappa shape index (κ3) is 3.01. The van der Waals surface area contributed by atoms with Crippen LogP contribution < -0.4 is 16.8 Å². The molecule has 5 N–H and O–H groups in total. The summed E-state index contributed by atoms with van der Waals surface area (Å²) in [7, 11) is 0. The van der Waals surface area contributed by atoms with Gasteiger partial charge in [0.25, 0.3) is 0 Å². The summed E-state index contributed by atoms with van der Waals surface area (Å²) in [6.45, 7) is 0.718. The van der Waals surface area contributed by atoms with Crippen molar-refractivity contribution in [3.63, 3.8) is 0 Å². The summed E-state index contributed by atoms with van der Waals surface area (Å²) in [4.78, 5) is 11.1. The first-order chi connectivity index (χ1) is 8.70. The largest absolute Gasteiger partial charge is 0.382 e. The van der Waals surface area contributed by atoms with E-state index in [2.05, 4.69) is 5.32 Å². The van der Waals surface area contributed by atoms with E-state index >= 15 is 0 Å². The molecule has 0 bridgehead atoms. The van der Waals surface area contributed by atoms with Crippen LogP contribution in [0.15, 0.2) is 24.3 Å². The van der Waals surface area contributed by atoms with Gasteiger partial charge in [-0.15, -0.1) is 0 Å². The van der Waals surface area contributed by atoms with Crippen molar-refractivity contribution < 1.29 is 4.79 Å². The number of hydrogen-bond donors (Lipinski definition) is 3. The van der Waals surface area contributed by atoms with Gasteiger partial charge in [-0.2, -0.15) is 0 Å². The van der Waals surface area contributed by atoms with Crippen LogP contribution >= 0.6 is 0 Å². The highest BCUT2D eigenvalue weighted by atomic mass is 16.1. The summed E-state index contributed by atoms with van der Waals surface area (Å²) in [6, 6.07) is 8.27. The molecule has 1 fully saturated rings. The maximum absolute atomic E-state index is 11.1.